The molecule has 0 heterocycles. The summed E-state index contributed by atoms with van der Waals surface area (Å²) in [5.74, 6) is -3.93. The summed E-state index contributed by atoms with van der Waals surface area (Å²) in [5, 5.41) is 2.74. The summed E-state index contributed by atoms with van der Waals surface area (Å²) in [7, 11) is 0. The van der Waals surface area contributed by atoms with E-state index in [1.165, 1.54) is 6.07 Å². The number of halogens is 2. The van der Waals surface area contributed by atoms with Gasteiger partial charge in [0.05, 0.1) is 16.9 Å². The second-order valence-corrected chi connectivity index (χ2v) is 7.12. The number of esters is 1. The van der Waals surface area contributed by atoms with E-state index in [0.717, 1.165) is 30.0 Å². The first-order valence-corrected chi connectivity index (χ1v) is 9.43. The number of thioether (sulfide) groups is 1. The summed E-state index contributed by atoms with van der Waals surface area (Å²) >= 11 is 1.14. The zero-order chi connectivity index (χ0) is 20.7. The van der Waals surface area contributed by atoms with Crippen LogP contribution in [0.4, 0.5) is 8.78 Å². The molecule has 2 aromatic carbocycles. The maximum Gasteiger partial charge on any atom is 0.339 e. The highest BCUT2D eigenvalue weighted by Gasteiger charge is 2.20. The van der Waals surface area contributed by atoms with E-state index in [2.05, 4.69) is 5.32 Å². The van der Waals surface area contributed by atoms with Crippen LogP contribution in [0.1, 0.15) is 34.6 Å². The van der Waals surface area contributed by atoms with Crippen LogP contribution in [0.25, 0.3) is 0 Å². The highest BCUT2D eigenvalue weighted by molar-refractivity contribution is 8.00. The Morgan fingerprint density at radius 3 is 2.32 bits per heavy atom. The van der Waals surface area contributed by atoms with Crippen molar-refractivity contribution in [1.29, 1.82) is 0 Å². The van der Waals surface area contributed by atoms with Crippen molar-refractivity contribution >= 4 is 29.4 Å². The van der Waals surface area contributed by atoms with Gasteiger partial charge in [-0.15, -0.1) is 11.8 Å². The van der Waals surface area contributed by atoms with Crippen LogP contribution in [0.3, 0.4) is 0 Å². The average Bonchev–Trinajstić information content (AvgIpc) is 2.64. The molecule has 0 saturated carbocycles. The lowest BCUT2D eigenvalue weighted by molar-refractivity contribution is -0.119. The van der Waals surface area contributed by atoms with Crippen molar-refractivity contribution in [2.75, 3.05) is 12.4 Å². The standard InChI is InChI=1S/C20H19F2NO4S/c1-12(2)23-18(25)11-28-17-9-4-3-6-13(17)20(26)27-10-16(24)19-14(21)7-5-8-15(19)22/h3-9,12H,10-11H2,1-2H3,(H,23,25). The average molecular weight is 407 g/mol. The number of benzene rings is 2. The van der Waals surface area contributed by atoms with E-state index < -0.39 is 35.6 Å². The van der Waals surface area contributed by atoms with Gasteiger partial charge in [-0.05, 0) is 38.1 Å². The molecule has 2 rings (SSSR count). The van der Waals surface area contributed by atoms with Crippen molar-refractivity contribution in [1.82, 2.24) is 5.32 Å². The SMILES string of the molecule is CC(C)NC(=O)CSc1ccccc1C(=O)OCC(=O)c1c(F)cccc1F. The number of ketones is 1. The summed E-state index contributed by atoms with van der Waals surface area (Å²) in [4.78, 5) is 36.6. The minimum Gasteiger partial charge on any atom is -0.454 e. The summed E-state index contributed by atoms with van der Waals surface area (Å²) in [6.07, 6.45) is 0. The van der Waals surface area contributed by atoms with Gasteiger partial charge in [-0.2, -0.15) is 0 Å². The van der Waals surface area contributed by atoms with Gasteiger partial charge in [0, 0.05) is 10.9 Å². The van der Waals surface area contributed by atoms with Gasteiger partial charge >= 0.3 is 5.97 Å². The van der Waals surface area contributed by atoms with Crippen LogP contribution in [0.15, 0.2) is 47.4 Å². The quantitative estimate of drug-likeness (QED) is 0.411. The predicted octanol–water partition coefficient (Wildman–Crippen LogP) is 3.62. The number of amides is 1. The Balaban J connectivity index is 2.03. The van der Waals surface area contributed by atoms with E-state index in [4.69, 9.17) is 4.74 Å². The molecule has 8 heteroatoms. The summed E-state index contributed by atoms with van der Waals surface area (Å²) < 4.78 is 32.2. The van der Waals surface area contributed by atoms with Crippen LogP contribution in [-0.2, 0) is 9.53 Å². The van der Waals surface area contributed by atoms with Crippen LogP contribution in [0, 0.1) is 11.6 Å². The number of Topliss-reactive ketones (excluding diaryl/α,β-unsaturated/α-hetero) is 1. The lowest BCUT2D eigenvalue weighted by Crippen LogP contribution is -2.31. The molecule has 0 aliphatic carbocycles. The normalized spacial score (nSPS) is 10.6. The number of rotatable bonds is 8. The number of carbonyl (C=O) groups is 3. The van der Waals surface area contributed by atoms with E-state index >= 15 is 0 Å². The lowest BCUT2D eigenvalue weighted by Gasteiger charge is -2.11. The molecule has 148 valence electrons. The maximum absolute atomic E-state index is 13.6. The fourth-order valence-electron chi connectivity index (χ4n) is 2.31. The first-order chi connectivity index (χ1) is 13.3. The Labute approximate surface area is 165 Å². The lowest BCUT2D eigenvalue weighted by atomic mass is 10.1. The zero-order valence-corrected chi connectivity index (χ0v) is 16.1. The largest absolute Gasteiger partial charge is 0.454 e. The Bertz CT molecular complexity index is 866. The van der Waals surface area contributed by atoms with Crippen molar-refractivity contribution in [3.8, 4) is 0 Å². The fraction of sp³-hybridized carbons (Fsp3) is 0.250. The van der Waals surface area contributed by atoms with Gasteiger partial charge in [0.25, 0.3) is 0 Å². The van der Waals surface area contributed by atoms with Crippen LogP contribution < -0.4 is 5.32 Å². The predicted molar refractivity (Wildman–Crippen MR) is 101 cm³/mol. The minimum atomic E-state index is -1.02. The summed E-state index contributed by atoms with van der Waals surface area (Å²) in [6.45, 7) is 2.87. The van der Waals surface area contributed by atoms with Crippen molar-refractivity contribution in [3.63, 3.8) is 0 Å². The fourth-order valence-corrected chi connectivity index (χ4v) is 3.16. The summed E-state index contributed by atoms with van der Waals surface area (Å²) in [6, 6.07) is 9.46. The van der Waals surface area contributed by atoms with Crippen LogP contribution in [0.5, 0.6) is 0 Å². The monoisotopic (exact) mass is 407 g/mol. The molecule has 0 saturated heterocycles. The maximum atomic E-state index is 13.6. The molecular formula is C20H19F2NO4S. The van der Waals surface area contributed by atoms with Gasteiger partial charge in [0.1, 0.15) is 11.6 Å². The molecule has 28 heavy (non-hydrogen) atoms. The second kappa shape index (κ2) is 9.98. The molecule has 0 unspecified atom stereocenters. The third-order valence-electron chi connectivity index (χ3n) is 3.49. The van der Waals surface area contributed by atoms with Gasteiger partial charge in [0.2, 0.25) is 11.7 Å². The Kier molecular flexibility index (Phi) is 7.69. The van der Waals surface area contributed by atoms with Gasteiger partial charge < -0.3 is 10.1 Å². The molecule has 0 atom stereocenters. The molecule has 1 amide bonds. The molecule has 0 bridgehead atoms. The zero-order valence-electron chi connectivity index (χ0n) is 15.3. The molecule has 0 aliphatic heterocycles. The molecule has 0 radical (unpaired) electrons. The molecule has 1 N–H and O–H groups in total. The second-order valence-electron chi connectivity index (χ2n) is 6.10. The Morgan fingerprint density at radius 1 is 1.04 bits per heavy atom. The third-order valence-corrected chi connectivity index (χ3v) is 4.56. The van der Waals surface area contributed by atoms with Gasteiger partial charge in [0.15, 0.2) is 6.61 Å². The number of hydrogen-bond donors (Lipinski definition) is 1. The van der Waals surface area contributed by atoms with Gasteiger partial charge in [-0.3, -0.25) is 9.59 Å². The number of nitrogens with one attached hydrogen (secondary N) is 1. The van der Waals surface area contributed by atoms with E-state index in [-0.39, 0.29) is 23.3 Å². The number of carbonyl (C=O) groups excluding carboxylic acids is 3. The Morgan fingerprint density at radius 2 is 1.68 bits per heavy atom. The smallest absolute Gasteiger partial charge is 0.339 e. The highest BCUT2D eigenvalue weighted by Crippen LogP contribution is 2.23. The highest BCUT2D eigenvalue weighted by atomic mass is 32.2. The molecule has 0 fully saturated rings. The van der Waals surface area contributed by atoms with Crippen LogP contribution >= 0.6 is 11.8 Å². The van der Waals surface area contributed by atoms with Crippen molar-refractivity contribution in [2.24, 2.45) is 0 Å². The van der Waals surface area contributed by atoms with Gasteiger partial charge in [-0.1, -0.05) is 18.2 Å². The minimum absolute atomic E-state index is 0.00176. The number of hydrogen-bond acceptors (Lipinski definition) is 5. The molecule has 0 aromatic heterocycles. The van der Waals surface area contributed by atoms with Gasteiger partial charge in [-0.25, -0.2) is 13.6 Å². The molecule has 5 nitrogen and oxygen atoms in total. The van der Waals surface area contributed by atoms with Crippen molar-refractivity contribution < 1.29 is 27.9 Å². The Hall–Kier alpha value is -2.74. The van der Waals surface area contributed by atoms with E-state index in [1.807, 2.05) is 13.8 Å². The topological polar surface area (TPSA) is 72.5 Å². The molecule has 2 aromatic rings. The van der Waals surface area contributed by atoms with E-state index in [1.54, 1.807) is 18.2 Å². The van der Waals surface area contributed by atoms with E-state index in [9.17, 15) is 23.2 Å². The first-order valence-electron chi connectivity index (χ1n) is 8.45. The van der Waals surface area contributed by atoms with Crippen LogP contribution in [-0.4, -0.2) is 36.1 Å². The molecular weight excluding hydrogens is 388 g/mol. The van der Waals surface area contributed by atoms with Crippen molar-refractivity contribution in [3.05, 3.63) is 65.2 Å². The molecule has 0 spiro atoms. The first kappa shape index (κ1) is 21.6. The molecule has 0 aliphatic rings. The third kappa shape index (κ3) is 5.88. The summed E-state index contributed by atoms with van der Waals surface area (Å²) in [5.41, 5.74) is -0.588. The number of ether oxygens (including phenoxy) is 1. The van der Waals surface area contributed by atoms with Crippen LogP contribution in [0.2, 0.25) is 0 Å². The van der Waals surface area contributed by atoms with E-state index in [0.29, 0.717) is 4.90 Å². The van der Waals surface area contributed by atoms with Crippen molar-refractivity contribution in [2.45, 2.75) is 24.8 Å².